The summed E-state index contributed by atoms with van der Waals surface area (Å²) in [5.74, 6) is 0. The fraction of sp³-hybridized carbons (Fsp3) is 1.00. The number of methoxy groups -OCH3 is 1. The lowest BCUT2D eigenvalue weighted by atomic mass is 10.1. The lowest BCUT2D eigenvalue weighted by Gasteiger charge is -2.23. The van der Waals surface area contributed by atoms with E-state index in [2.05, 4.69) is 10.6 Å². The van der Waals surface area contributed by atoms with Crippen LogP contribution >= 0.6 is 0 Å². The molecule has 0 amide bonds. The molecule has 1 rings (SSSR count). The van der Waals surface area contributed by atoms with Gasteiger partial charge < -0.3 is 15.4 Å². The van der Waals surface area contributed by atoms with E-state index >= 15 is 0 Å². The fourth-order valence-electron chi connectivity index (χ4n) is 1.72. The number of hydrogen-bond acceptors (Lipinski definition) is 3. The van der Waals surface area contributed by atoms with Gasteiger partial charge in [0.25, 0.3) is 0 Å². The molecule has 0 radical (unpaired) electrons. The average molecular weight is 186 g/mol. The number of rotatable bonds is 6. The zero-order valence-electron chi connectivity index (χ0n) is 8.64. The maximum absolute atomic E-state index is 4.98. The van der Waals surface area contributed by atoms with Crippen molar-refractivity contribution in [2.75, 3.05) is 33.4 Å². The second kappa shape index (κ2) is 7.30. The molecule has 3 nitrogen and oxygen atoms in total. The average Bonchev–Trinajstić information content (AvgIpc) is 2.19. The number of hydrogen-bond donors (Lipinski definition) is 2. The van der Waals surface area contributed by atoms with Gasteiger partial charge in [-0.2, -0.15) is 0 Å². The monoisotopic (exact) mass is 186 g/mol. The maximum Gasteiger partial charge on any atom is 0.0474 e. The molecule has 3 heteroatoms. The molecule has 0 aromatic rings. The fourth-order valence-corrected chi connectivity index (χ4v) is 1.72. The minimum Gasteiger partial charge on any atom is -0.385 e. The van der Waals surface area contributed by atoms with Crippen LogP contribution in [0.5, 0.6) is 0 Å². The molecule has 1 aliphatic heterocycles. The molecule has 0 spiro atoms. The van der Waals surface area contributed by atoms with Gasteiger partial charge in [-0.3, -0.25) is 0 Å². The topological polar surface area (TPSA) is 33.3 Å². The summed E-state index contributed by atoms with van der Waals surface area (Å²) in [5, 5.41) is 6.96. The van der Waals surface area contributed by atoms with Crippen LogP contribution in [0.1, 0.15) is 25.7 Å². The predicted octanol–water partition coefficient (Wildman–Crippen LogP) is 0.755. The highest BCUT2D eigenvalue weighted by atomic mass is 16.5. The molecule has 0 aromatic carbocycles. The third kappa shape index (κ3) is 5.24. The Morgan fingerprint density at radius 3 is 3.08 bits per heavy atom. The Labute approximate surface area is 81.2 Å². The summed E-state index contributed by atoms with van der Waals surface area (Å²) in [6.07, 6.45) is 5.18. The van der Waals surface area contributed by atoms with E-state index in [4.69, 9.17) is 4.74 Å². The predicted molar refractivity (Wildman–Crippen MR) is 55.0 cm³/mol. The summed E-state index contributed by atoms with van der Waals surface area (Å²) in [7, 11) is 1.75. The summed E-state index contributed by atoms with van der Waals surface area (Å²) < 4.78 is 4.98. The first-order valence-corrected chi connectivity index (χ1v) is 5.36. The van der Waals surface area contributed by atoms with Gasteiger partial charge in [0.2, 0.25) is 0 Å². The van der Waals surface area contributed by atoms with Crippen LogP contribution < -0.4 is 10.6 Å². The van der Waals surface area contributed by atoms with Gasteiger partial charge in [-0.1, -0.05) is 6.42 Å². The van der Waals surface area contributed by atoms with Crippen LogP contribution in [0.4, 0.5) is 0 Å². The molecule has 1 heterocycles. The molecule has 1 saturated heterocycles. The molecule has 1 atom stereocenters. The van der Waals surface area contributed by atoms with Crippen molar-refractivity contribution in [2.24, 2.45) is 0 Å². The summed E-state index contributed by atoms with van der Waals surface area (Å²) in [4.78, 5) is 0. The van der Waals surface area contributed by atoms with Crippen LogP contribution in [-0.2, 0) is 4.74 Å². The van der Waals surface area contributed by atoms with Gasteiger partial charge in [-0.25, -0.2) is 0 Å². The zero-order chi connectivity index (χ0) is 9.36. The number of nitrogens with one attached hydrogen (secondary N) is 2. The highest BCUT2D eigenvalue weighted by Crippen LogP contribution is 2.05. The van der Waals surface area contributed by atoms with E-state index in [0.717, 1.165) is 26.1 Å². The van der Waals surface area contributed by atoms with E-state index in [1.807, 2.05) is 0 Å². The van der Waals surface area contributed by atoms with Crippen molar-refractivity contribution in [2.45, 2.75) is 31.7 Å². The van der Waals surface area contributed by atoms with Gasteiger partial charge in [0, 0.05) is 26.3 Å². The van der Waals surface area contributed by atoms with Crippen molar-refractivity contribution < 1.29 is 4.74 Å². The highest BCUT2D eigenvalue weighted by molar-refractivity contribution is 4.73. The molecule has 1 unspecified atom stereocenters. The van der Waals surface area contributed by atoms with Crippen molar-refractivity contribution in [3.8, 4) is 0 Å². The van der Waals surface area contributed by atoms with Crippen molar-refractivity contribution in [3.05, 3.63) is 0 Å². The molecule has 0 aliphatic carbocycles. The second-order valence-corrected chi connectivity index (χ2v) is 3.70. The van der Waals surface area contributed by atoms with Crippen molar-refractivity contribution >= 4 is 0 Å². The van der Waals surface area contributed by atoms with Gasteiger partial charge in [0.1, 0.15) is 0 Å². The minimum absolute atomic E-state index is 0.705. The number of ether oxygens (including phenoxy) is 1. The van der Waals surface area contributed by atoms with E-state index in [1.54, 1.807) is 7.11 Å². The van der Waals surface area contributed by atoms with E-state index < -0.39 is 0 Å². The normalized spacial score (nSPS) is 23.3. The lowest BCUT2D eigenvalue weighted by Crippen LogP contribution is -2.42. The Balaban J connectivity index is 1.86. The first-order chi connectivity index (χ1) is 6.43. The van der Waals surface area contributed by atoms with E-state index in [-0.39, 0.29) is 0 Å². The smallest absolute Gasteiger partial charge is 0.0474 e. The molecule has 1 aliphatic rings. The molecule has 0 saturated carbocycles. The molecule has 1 fully saturated rings. The first kappa shape index (κ1) is 11.0. The third-order valence-corrected chi connectivity index (χ3v) is 2.51. The standard InChI is InChI=1S/C10H22N2O/c1-13-8-4-6-11-9-10-5-2-3-7-12-10/h10-12H,2-9H2,1H3. The highest BCUT2D eigenvalue weighted by Gasteiger charge is 2.10. The summed E-state index contributed by atoms with van der Waals surface area (Å²) in [6.45, 7) is 4.26. The van der Waals surface area contributed by atoms with E-state index in [1.165, 1.54) is 25.8 Å². The summed E-state index contributed by atoms with van der Waals surface area (Å²) in [5.41, 5.74) is 0. The van der Waals surface area contributed by atoms with Gasteiger partial charge in [0.05, 0.1) is 0 Å². The molecule has 2 N–H and O–H groups in total. The molecule has 13 heavy (non-hydrogen) atoms. The quantitative estimate of drug-likeness (QED) is 0.601. The van der Waals surface area contributed by atoms with Crippen LogP contribution in [-0.4, -0.2) is 39.4 Å². The van der Waals surface area contributed by atoms with Crippen LogP contribution in [0.15, 0.2) is 0 Å². The van der Waals surface area contributed by atoms with Crippen LogP contribution in [0, 0.1) is 0 Å². The van der Waals surface area contributed by atoms with Gasteiger partial charge >= 0.3 is 0 Å². The Bertz CT molecular complexity index is 113. The van der Waals surface area contributed by atoms with Crippen molar-refractivity contribution in [1.82, 2.24) is 10.6 Å². The summed E-state index contributed by atoms with van der Waals surface area (Å²) >= 11 is 0. The SMILES string of the molecule is COCCCNCC1CCCCN1. The molecule has 0 aromatic heterocycles. The van der Waals surface area contributed by atoms with Crippen LogP contribution in [0.3, 0.4) is 0 Å². The Morgan fingerprint density at radius 1 is 1.46 bits per heavy atom. The maximum atomic E-state index is 4.98. The van der Waals surface area contributed by atoms with Crippen LogP contribution in [0.2, 0.25) is 0 Å². The molecular weight excluding hydrogens is 164 g/mol. The van der Waals surface area contributed by atoms with Crippen LogP contribution in [0.25, 0.3) is 0 Å². The molecular formula is C10H22N2O. The minimum atomic E-state index is 0.705. The molecule has 0 bridgehead atoms. The molecule has 78 valence electrons. The zero-order valence-corrected chi connectivity index (χ0v) is 8.64. The second-order valence-electron chi connectivity index (χ2n) is 3.70. The Hall–Kier alpha value is -0.120. The Kier molecular flexibility index (Phi) is 6.15. The van der Waals surface area contributed by atoms with Gasteiger partial charge in [-0.15, -0.1) is 0 Å². The van der Waals surface area contributed by atoms with Crippen molar-refractivity contribution in [3.63, 3.8) is 0 Å². The first-order valence-electron chi connectivity index (χ1n) is 5.36. The lowest BCUT2D eigenvalue weighted by molar-refractivity contribution is 0.194. The largest absolute Gasteiger partial charge is 0.385 e. The third-order valence-electron chi connectivity index (χ3n) is 2.51. The Morgan fingerprint density at radius 2 is 2.38 bits per heavy atom. The van der Waals surface area contributed by atoms with E-state index in [0.29, 0.717) is 6.04 Å². The van der Waals surface area contributed by atoms with Gasteiger partial charge in [-0.05, 0) is 32.4 Å². The van der Waals surface area contributed by atoms with Gasteiger partial charge in [0.15, 0.2) is 0 Å². The summed E-state index contributed by atoms with van der Waals surface area (Å²) in [6, 6.07) is 0.705. The number of piperidine rings is 1. The van der Waals surface area contributed by atoms with E-state index in [9.17, 15) is 0 Å². The van der Waals surface area contributed by atoms with Crippen molar-refractivity contribution in [1.29, 1.82) is 0 Å².